The first-order valence-corrected chi connectivity index (χ1v) is 6.19. The lowest BCUT2D eigenvalue weighted by atomic mass is 9.98. The molecule has 0 spiro atoms. The summed E-state index contributed by atoms with van der Waals surface area (Å²) in [5, 5.41) is 2.95. The summed E-state index contributed by atoms with van der Waals surface area (Å²) in [5.41, 5.74) is 5.64. The van der Waals surface area contributed by atoms with E-state index in [-0.39, 0.29) is 5.91 Å². The fourth-order valence-corrected chi connectivity index (χ4v) is 2.34. The molecule has 0 heterocycles. The van der Waals surface area contributed by atoms with E-state index in [1.807, 2.05) is 0 Å². The average molecular weight is 220 g/mol. The molecule has 2 aliphatic rings. The fourth-order valence-electron chi connectivity index (χ4n) is 2.34. The Hall–Kier alpha value is -1.01. The minimum atomic E-state index is -0.538. The third-order valence-electron chi connectivity index (χ3n) is 3.64. The number of rotatable bonds is 6. The molecule has 0 aliphatic heterocycles. The molecule has 1 atom stereocenters. The van der Waals surface area contributed by atoms with E-state index in [0.29, 0.717) is 12.3 Å². The zero-order valence-electron chi connectivity index (χ0n) is 9.61. The summed E-state index contributed by atoms with van der Waals surface area (Å²) in [6, 6.07) is -0.538. The first kappa shape index (κ1) is 11.5. The topological polar surface area (TPSA) is 55.1 Å². The Morgan fingerprint density at radius 1 is 1.38 bits per heavy atom. The molecule has 1 amide bonds. The molecule has 1 unspecified atom stereocenters. The van der Waals surface area contributed by atoms with E-state index in [1.165, 1.54) is 25.7 Å². The van der Waals surface area contributed by atoms with Gasteiger partial charge in [-0.3, -0.25) is 4.79 Å². The van der Waals surface area contributed by atoms with Crippen molar-refractivity contribution in [2.75, 3.05) is 6.54 Å². The van der Waals surface area contributed by atoms with E-state index < -0.39 is 6.04 Å². The highest BCUT2D eigenvalue weighted by Gasteiger charge is 2.41. The first-order chi connectivity index (χ1) is 7.72. The maximum Gasteiger partial charge on any atom is 0.237 e. The second kappa shape index (κ2) is 4.88. The molecule has 0 bridgehead atoms. The maximum absolute atomic E-state index is 11.6. The van der Waals surface area contributed by atoms with Crippen molar-refractivity contribution in [2.24, 2.45) is 23.5 Å². The molecular weight excluding hydrogens is 200 g/mol. The molecule has 16 heavy (non-hydrogen) atoms. The standard InChI is InChI=1S/C13H20N2O/c1-2-3-12(14)13(16)15-8-11(9-4-5-9)10-6-7-10/h1,9-12H,3-8,14H2,(H,15,16). The minimum absolute atomic E-state index is 0.0933. The summed E-state index contributed by atoms with van der Waals surface area (Å²) in [6.07, 6.45) is 10.8. The Balaban J connectivity index is 1.72. The number of nitrogens with two attached hydrogens (primary N) is 1. The fraction of sp³-hybridized carbons (Fsp3) is 0.769. The van der Waals surface area contributed by atoms with Crippen LogP contribution in [0.2, 0.25) is 0 Å². The molecule has 0 aromatic rings. The number of hydrogen-bond acceptors (Lipinski definition) is 2. The van der Waals surface area contributed by atoms with Crippen molar-refractivity contribution in [3.63, 3.8) is 0 Å². The Morgan fingerprint density at radius 2 is 1.94 bits per heavy atom. The summed E-state index contributed by atoms with van der Waals surface area (Å²) in [6.45, 7) is 0.798. The van der Waals surface area contributed by atoms with Crippen LogP contribution >= 0.6 is 0 Å². The van der Waals surface area contributed by atoms with Crippen molar-refractivity contribution in [3.05, 3.63) is 0 Å². The predicted octanol–water partition coefficient (Wildman–Crippen LogP) is 0.889. The van der Waals surface area contributed by atoms with Crippen molar-refractivity contribution < 1.29 is 4.79 Å². The molecule has 0 aromatic heterocycles. The van der Waals surface area contributed by atoms with Crippen LogP contribution in [0.15, 0.2) is 0 Å². The van der Waals surface area contributed by atoms with Crippen molar-refractivity contribution in [1.29, 1.82) is 0 Å². The van der Waals surface area contributed by atoms with Crippen LogP contribution in [0.3, 0.4) is 0 Å². The largest absolute Gasteiger partial charge is 0.354 e. The van der Waals surface area contributed by atoms with Crippen molar-refractivity contribution in [1.82, 2.24) is 5.32 Å². The van der Waals surface area contributed by atoms with Gasteiger partial charge < -0.3 is 11.1 Å². The minimum Gasteiger partial charge on any atom is -0.354 e. The van der Waals surface area contributed by atoms with E-state index in [9.17, 15) is 4.79 Å². The lowest BCUT2D eigenvalue weighted by Crippen LogP contribution is -2.42. The third-order valence-corrected chi connectivity index (χ3v) is 3.64. The van der Waals surface area contributed by atoms with Crippen LogP contribution < -0.4 is 11.1 Å². The Morgan fingerprint density at radius 3 is 2.38 bits per heavy atom. The molecule has 2 fully saturated rings. The number of terminal acetylenes is 1. The number of amides is 1. The van der Waals surface area contributed by atoms with Crippen molar-refractivity contribution >= 4 is 5.91 Å². The normalized spacial score (nSPS) is 21.6. The molecule has 3 heteroatoms. The summed E-state index contributed by atoms with van der Waals surface area (Å²) in [4.78, 5) is 11.6. The molecule has 2 rings (SSSR count). The summed E-state index contributed by atoms with van der Waals surface area (Å²) >= 11 is 0. The first-order valence-electron chi connectivity index (χ1n) is 6.19. The molecule has 3 nitrogen and oxygen atoms in total. The van der Waals surface area contributed by atoms with Gasteiger partial charge in [0.2, 0.25) is 5.91 Å². The van der Waals surface area contributed by atoms with Gasteiger partial charge >= 0.3 is 0 Å². The van der Waals surface area contributed by atoms with E-state index in [1.54, 1.807) is 0 Å². The van der Waals surface area contributed by atoms with Crippen LogP contribution in [-0.4, -0.2) is 18.5 Å². The monoisotopic (exact) mass is 220 g/mol. The summed E-state index contributed by atoms with van der Waals surface area (Å²) in [5.74, 6) is 4.74. The quantitative estimate of drug-likeness (QED) is 0.653. The zero-order chi connectivity index (χ0) is 11.5. The van der Waals surface area contributed by atoms with E-state index in [4.69, 9.17) is 12.2 Å². The highest BCUT2D eigenvalue weighted by atomic mass is 16.2. The maximum atomic E-state index is 11.6. The van der Waals surface area contributed by atoms with Gasteiger partial charge in [-0.25, -0.2) is 0 Å². The van der Waals surface area contributed by atoms with Crippen LogP contribution in [0.4, 0.5) is 0 Å². The Labute approximate surface area is 97.2 Å². The van der Waals surface area contributed by atoms with Gasteiger partial charge in [-0.1, -0.05) is 0 Å². The van der Waals surface area contributed by atoms with Gasteiger partial charge in [0, 0.05) is 13.0 Å². The van der Waals surface area contributed by atoms with E-state index in [2.05, 4.69) is 11.2 Å². The SMILES string of the molecule is C#CCC(N)C(=O)NCC(C1CC1)C1CC1. The lowest BCUT2D eigenvalue weighted by molar-refractivity contribution is -0.122. The number of hydrogen-bond donors (Lipinski definition) is 2. The summed E-state index contributed by atoms with van der Waals surface area (Å²) < 4.78 is 0. The molecular formula is C13H20N2O. The van der Waals surface area contributed by atoms with Gasteiger partial charge in [0.1, 0.15) is 0 Å². The molecule has 3 N–H and O–H groups in total. The molecule has 2 aliphatic carbocycles. The highest BCUT2D eigenvalue weighted by Crippen LogP contribution is 2.48. The summed E-state index contributed by atoms with van der Waals surface area (Å²) in [7, 11) is 0. The zero-order valence-corrected chi connectivity index (χ0v) is 9.61. The Kier molecular flexibility index (Phi) is 3.50. The molecule has 0 radical (unpaired) electrons. The Bertz CT molecular complexity index is 288. The average Bonchev–Trinajstić information content (AvgIpc) is 3.12. The van der Waals surface area contributed by atoms with Gasteiger partial charge in [-0.15, -0.1) is 12.3 Å². The molecule has 2 saturated carbocycles. The number of nitrogens with one attached hydrogen (secondary N) is 1. The van der Waals surface area contributed by atoms with E-state index >= 15 is 0 Å². The van der Waals surface area contributed by atoms with Crippen LogP contribution in [0, 0.1) is 30.1 Å². The van der Waals surface area contributed by atoms with Crippen LogP contribution in [-0.2, 0) is 4.79 Å². The predicted molar refractivity (Wildman–Crippen MR) is 63.4 cm³/mol. The van der Waals surface area contributed by atoms with Gasteiger partial charge in [0.15, 0.2) is 0 Å². The van der Waals surface area contributed by atoms with Gasteiger partial charge in [-0.05, 0) is 43.4 Å². The third kappa shape index (κ3) is 2.99. The van der Waals surface area contributed by atoms with Gasteiger partial charge in [0.25, 0.3) is 0 Å². The lowest BCUT2D eigenvalue weighted by Gasteiger charge is -2.17. The molecule has 0 aromatic carbocycles. The number of carbonyl (C=O) groups excluding carboxylic acids is 1. The van der Waals surface area contributed by atoms with Crippen LogP contribution in [0.25, 0.3) is 0 Å². The van der Waals surface area contributed by atoms with Crippen LogP contribution in [0.5, 0.6) is 0 Å². The van der Waals surface area contributed by atoms with Crippen molar-refractivity contribution in [3.8, 4) is 12.3 Å². The van der Waals surface area contributed by atoms with Crippen molar-refractivity contribution in [2.45, 2.75) is 38.1 Å². The van der Waals surface area contributed by atoms with E-state index in [0.717, 1.165) is 18.4 Å². The van der Waals surface area contributed by atoms with Gasteiger partial charge in [0.05, 0.1) is 6.04 Å². The highest BCUT2D eigenvalue weighted by molar-refractivity contribution is 5.81. The smallest absolute Gasteiger partial charge is 0.237 e. The van der Waals surface area contributed by atoms with Gasteiger partial charge in [-0.2, -0.15) is 0 Å². The molecule has 88 valence electrons. The molecule has 0 saturated heterocycles. The number of carbonyl (C=O) groups is 1. The second-order valence-corrected chi connectivity index (χ2v) is 5.10. The second-order valence-electron chi connectivity index (χ2n) is 5.10. The van der Waals surface area contributed by atoms with Crippen LogP contribution in [0.1, 0.15) is 32.1 Å².